The number of carbonyl (C=O) groups is 2. The average Bonchev–Trinajstić information content (AvgIpc) is 2.46. The Labute approximate surface area is 127 Å². The van der Waals surface area contributed by atoms with Crippen LogP contribution in [0.15, 0.2) is 12.2 Å². The van der Waals surface area contributed by atoms with Crippen molar-refractivity contribution in [1.82, 2.24) is 0 Å². The molecule has 0 aromatic heterocycles. The third kappa shape index (κ3) is 9.27. The van der Waals surface area contributed by atoms with Crippen molar-refractivity contribution in [3.63, 3.8) is 0 Å². The summed E-state index contributed by atoms with van der Waals surface area (Å²) >= 11 is 0. The van der Waals surface area contributed by atoms with Gasteiger partial charge in [0.15, 0.2) is 0 Å². The van der Waals surface area contributed by atoms with Gasteiger partial charge in [-0.2, -0.15) is 0 Å². The van der Waals surface area contributed by atoms with E-state index in [9.17, 15) is 9.59 Å². The maximum Gasteiger partial charge on any atom is 0.305 e. The van der Waals surface area contributed by atoms with E-state index >= 15 is 0 Å². The van der Waals surface area contributed by atoms with Crippen LogP contribution in [0.3, 0.4) is 0 Å². The van der Waals surface area contributed by atoms with Crippen molar-refractivity contribution in [3.8, 4) is 0 Å². The van der Waals surface area contributed by atoms with E-state index in [1.807, 2.05) is 6.92 Å². The molecule has 4 heteroatoms. The third-order valence-corrected chi connectivity index (χ3v) is 3.76. The maximum absolute atomic E-state index is 11.6. The van der Waals surface area contributed by atoms with Gasteiger partial charge < -0.3 is 9.47 Å². The van der Waals surface area contributed by atoms with E-state index in [0.29, 0.717) is 38.4 Å². The second kappa shape index (κ2) is 10.4. The van der Waals surface area contributed by atoms with Crippen LogP contribution in [0.4, 0.5) is 0 Å². The number of esters is 2. The van der Waals surface area contributed by atoms with Gasteiger partial charge in [-0.1, -0.05) is 24.8 Å². The van der Waals surface area contributed by atoms with Crippen LogP contribution in [0.25, 0.3) is 0 Å². The second-order valence-corrected chi connectivity index (χ2v) is 5.97. The first-order chi connectivity index (χ1) is 10.1. The van der Waals surface area contributed by atoms with Crippen molar-refractivity contribution in [1.29, 1.82) is 0 Å². The molecule has 0 spiro atoms. The molecule has 4 nitrogen and oxygen atoms in total. The molecule has 1 fully saturated rings. The first-order valence-corrected chi connectivity index (χ1v) is 8.03. The van der Waals surface area contributed by atoms with Gasteiger partial charge in [0.1, 0.15) is 0 Å². The molecular weight excluding hydrogens is 268 g/mol. The molecule has 0 saturated heterocycles. The van der Waals surface area contributed by atoms with Crippen LogP contribution in [-0.2, 0) is 19.1 Å². The molecule has 0 bridgehead atoms. The molecule has 1 aliphatic rings. The normalized spacial score (nSPS) is 15.5. The monoisotopic (exact) mass is 296 g/mol. The molecule has 0 unspecified atom stereocenters. The van der Waals surface area contributed by atoms with E-state index in [-0.39, 0.29) is 18.4 Å². The molecule has 1 saturated carbocycles. The topological polar surface area (TPSA) is 52.6 Å². The Morgan fingerprint density at radius 3 is 2.24 bits per heavy atom. The Hall–Kier alpha value is -1.32. The molecule has 0 radical (unpaired) electrons. The Balaban J connectivity index is 1.99. The van der Waals surface area contributed by atoms with Gasteiger partial charge in [-0.3, -0.25) is 9.59 Å². The van der Waals surface area contributed by atoms with Gasteiger partial charge in [0.25, 0.3) is 0 Å². The van der Waals surface area contributed by atoms with Gasteiger partial charge >= 0.3 is 11.9 Å². The van der Waals surface area contributed by atoms with Crippen molar-refractivity contribution in [2.75, 3.05) is 13.2 Å². The molecule has 0 amide bonds. The van der Waals surface area contributed by atoms with Gasteiger partial charge in [-0.25, -0.2) is 0 Å². The molecule has 0 aromatic carbocycles. The zero-order chi connectivity index (χ0) is 15.5. The molecule has 0 aromatic rings. The molecule has 0 atom stereocenters. The highest BCUT2D eigenvalue weighted by Gasteiger charge is 2.15. The quantitative estimate of drug-likeness (QED) is 0.480. The van der Waals surface area contributed by atoms with E-state index in [1.165, 1.54) is 32.1 Å². The van der Waals surface area contributed by atoms with Gasteiger partial charge in [0, 0.05) is 19.3 Å². The fraction of sp³-hybridized carbons (Fsp3) is 0.765. The summed E-state index contributed by atoms with van der Waals surface area (Å²) in [6.07, 6.45) is 7.89. The zero-order valence-corrected chi connectivity index (χ0v) is 13.2. The van der Waals surface area contributed by atoms with Gasteiger partial charge in [-0.15, -0.1) is 6.58 Å². The lowest BCUT2D eigenvalue weighted by Gasteiger charge is -2.20. The summed E-state index contributed by atoms with van der Waals surface area (Å²) in [6, 6.07) is 0. The number of carbonyl (C=O) groups excluding carboxylic acids is 2. The average molecular weight is 296 g/mol. The SMILES string of the molecule is C=C(C)CCOC(=O)CCCC(=O)OCC1CCCCC1. The van der Waals surface area contributed by atoms with Gasteiger partial charge in [-0.05, 0) is 32.1 Å². The maximum atomic E-state index is 11.6. The number of hydrogen-bond acceptors (Lipinski definition) is 4. The summed E-state index contributed by atoms with van der Waals surface area (Å²) in [5, 5.41) is 0. The Kier molecular flexibility index (Phi) is 8.79. The third-order valence-electron chi connectivity index (χ3n) is 3.76. The number of hydrogen-bond donors (Lipinski definition) is 0. The van der Waals surface area contributed by atoms with Crippen LogP contribution in [0.5, 0.6) is 0 Å². The van der Waals surface area contributed by atoms with Crippen molar-refractivity contribution >= 4 is 11.9 Å². The summed E-state index contributed by atoms with van der Waals surface area (Å²) in [7, 11) is 0. The van der Waals surface area contributed by atoms with Crippen LogP contribution in [-0.4, -0.2) is 25.2 Å². The second-order valence-electron chi connectivity index (χ2n) is 5.97. The Bertz CT molecular complexity index is 343. The summed E-state index contributed by atoms with van der Waals surface area (Å²) < 4.78 is 10.3. The molecule has 120 valence electrons. The largest absolute Gasteiger partial charge is 0.465 e. The van der Waals surface area contributed by atoms with Crippen molar-refractivity contribution in [2.45, 2.75) is 64.7 Å². The van der Waals surface area contributed by atoms with Crippen LogP contribution >= 0.6 is 0 Å². The highest BCUT2D eigenvalue weighted by Crippen LogP contribution is 2.23. The lowest BCUT2D eigenvalue weighted by Crippen LogP contribution is -2.17. The first kappa shape index (κ1) is 17.7. The smallest absolute Gasteiger partial charge is 0.305 e. The zero-order valence-electron chi connectivity index (χ0n) is 13.2. The predicted molar refractivity (Wildman–Crippen MR) is 81.8 cm³/mol. The molecule has 0 heterocycles. The van der Waals surface area contributed by atoms with Crippen molar-refractivity contribution in [2.24, 2.45) is 5.92 Å². The van der Waals surface area contributed by atoms with E-state index in [1.54, 1.807) is 0 Å². The van der Waals surface area contributed by atoms with E-state index < -0.39 is 0 Å². The van der Waals surface area contributed by atoms with E-state index in [4.69, 9.17) is 9.47 Å². The lowest BCUT2D eigenvalue weighted by molar-refractivity contribution is -0.146. The Morgan fingerprint density at radius 1 is 1.00 bits per heavy atom. The molecular formula is C17H28O4. The van der Waals surface area contributed by atoms with Crippen LogP contribution in [0, 0.1) is 5.92 Å². The first-order valence-electron chi connectivity index (χ1n) is 8.03. The molecule has 1 aliphatic carbocycles. The highest BCUT2D eigenvalue weighted by atomic mass is 16.5. The van der Waals surface area contributed by atoms with Crippen LogP contribution in [0.2, 0.25) is 0 Å². The number of rotatable bonds is 9. The summed E-state index contributed by atoms with van der Waals surface area (Å²) in [6.45, 7) is 6.56. The summed E-state index contributed by atoms with van der Waals surface area (Å²) in [5.74, 6) is 0.0847. The molecule has 21 heavy (non-hydrogen) atoms. The minimum absolute atomic E-state index is 0.199. The fourth-order valence-corrected chi connectivity index (χ4v) is 2.43. The molecule has 1 rings (SSSR count). The van der Waals surface area contributed by atoms with E-state index in [0.717, 1.165) is 5.57 Å². The number of ether oxygens (including phenoxy) is 2. The van der Waals surface area contributed by atoms with Crippen molar-refractivity contribution < 1.29 is 19.1 Å². The summed E-state index contributed by atoms with van der Waals surface area (Å²) in [5.41, 5.74) is 0.995. The van der Waals surface area contributed by atoms with Crippen molar-refractivity contribution in [3.05, 3.63) is 12.2 Å². The minimum atomic E-state index is -0.253. The van der Waals surface area contributed by atoms with Gasteiger partial charge in [0.05, 0.1) is 13.2 Å². The minimum Gasteiger partial charge on any atom is -0.465 e. The van der Waals surface area contributed by atoms with Crippen LogP contribution in [0.1, 0.15) is 64.7 Å². The fourth-order valence-electron chi connectivity index (χ4n) is 2.43. The summed E-state index contributed by atoms with van der Waals surface area (Å²) in [4.78, 5) is 23.0. The highest BCUT2D eigenvalue weighted by molar-refractivity contribution is 5.72. The van der Waals surface area contributed by atoms with E-state index in [2.05, 4.69) is 6.58 Å². The molecule has 0 aliphatic heterocycles. The Morgan fingerprint density at radius 2 is 1.62 bits per heavy atom. The standard InChI is InChI=1S/C17H28O4/c1-14(2)11-12-20-16(18)9-6-10-17(19)21-13-15-7-4-3-5-8-15/h15H,1,3-13H2,2H3. The predicted octanol–water partition coefficient (Wildman–Crippen LogP) is 3.79. The lowest BCUT2D eigenvalue weighted by atomic mass is 9.90. The molecule has 0 N–H and O–H groups in total. The van der Waals surface area contributed by atoms with Gasteiger partial charge in [0.2, 0.25) is 0 Å². The van der Waals surface area contributed by atoms with Crippen LogP contribution < -0.4 is 0 Å².